The Labute approximate surface area is 49.5 Å². The molecule has 0 unspecified atom stereocenters. The number of nitrogens with zero attached hydrogens (tertiary/aromatic N) is 1. The third-order valence-electron chi connectivity index (χ3n) is 0.571. The summed E-state index contributed by atoms with van der Waals surface area (Å²) in [5.74, 6) is 0. The van der Waals surface area contributed by atoms with Crippen LogP contribution in [0, 0.1) is 0 Å². The van der Waals surface area contributed by atoms with Crippen molar-refractivity contribution in [3.8, 4) is 0 Å². The summed E-state index contributed by atoms with van der Waals surface area (Å²) < 4.78 is 0. The van der Waals surface area contributed by atoms with Crippen molar-refractivity contribution in [3.63, 3.8) is 0 Å². The van der Waals surface area contributed by atoms with Gasteiger partial charge in [-0.1, -0.05) is 0 Å². The van der Waals surface area contributed by atoms with Crippen molar-refractivity contribution in [2.45, 2.75) is 6.92 Å². The van der Waals surface area contributed by atoms with Crippen LogP contribution >= 0.6 is 0 Å². The lowest BCUT2D eigenvalue weighted by atomic mass is 10.7. The molecule has 2 N–H and O–H groups in total. The molecule has 0 atom stereocenters. The zero-order valence-electron chi connectivity index (χ0n) is 5.02. The summed E-state index contributed by atoms with van der Waals surface area (Å²) in [4.78, 5) is 0. The Morgan fingerprint density at radius 3 is 2.88 bits per heavy atom. The summed E-state index contributed by atoms with van der Waals surface area (Å²) in [6.45, 7) is 6.16. The Kier molecular flexibility index (Phi) is 5.27. The molecule has 8 heavy (non-hydrogen) atoms. The Morgan fingerprint density at radius 1 is 1.62 bits per heavy atom. The normalized spacial score (nSPS) is 9.12. The average Bonchev–Trinajstić information content (AvgIpc) is 1.81. The molecule has 0 heterocycles. The van der Waals surface area contributed by atoms with E-state index in [1.165, 1.54) is 0 Å². The molecule has 3 nitrogen and oxygen atoms in total. The molecular formula is C5H11N3. The molecule has 0 aliphatic rings. The van der Waals surface area contributed by atoms with Gasteiger partial charge in [0, 0.05) is 25.7 Å². The first-order valence-corrected chi connectivity index (χ1v) is 2.51. The van der Waals surface area contributed by atoms with Crippen molar-refractivity contribution in [2.24, 2.45) is 5.10 Å². The molecule has 0 radical (unpaired) electrons. The van der Waals surface area contributed by atoms with Gasteiger partial charge in [0.15, 0.2) is 0 Å². The van der Waals surface area contributed by atoms with E-state index in [4.69, 9.17) is 0 Å². The van der Waals surface area contributed by atoms with Gasteiger partial charge < -0.3 is 5.32 Å². The maximum atomic E-state index is 3.38. The van der Waals surface area contributed by atoms with Gasteiger partial charge in [0.1, 0.15) is 0 Å². The smallest absolute Gasteiger partial charge is 0.0356 e. The molecule has 0 aromatic heterocycles. The van der Waals surface area contributed by atoms with Crippen LogP contribution in [0.4, 0.5) is 0 Å². The largest absolute Gasteiger partial charge is 0.390 e. The minimum absolute atomic E-state index is 0.926. The van der Waals surface area contributed by atoms with Gasteiger partial charge in [0.25, 0.3) is 0 Å². The van der Waals surface area contributed by atoms with Crippen LogP contribution in [0.15, 0.2) is 17.5 Å². The molecule has 0 saturated carbocycles. The van der Waals surface area contributed by atoms with Crippen LogP contribution in [0.2, 0.25) is 0 Å². The summed E-state index contributed by atoms with van der Waals surface area (Å²) in [5.41, 5.74) is 2.55. The molecule has 46 valence electrons. The van der Waals surface area contributed by atoms with Gasteiger partial charge in [-0.3, -0.25) is 5.43 Å². The van der Waals surface area contributed by atoms with Crippen LogP contribution in [-0.4, -0.2) is 13.3 Å². The Hall–Kier alpha value is -0.990. The Bertz CT molecular complexity index is 77.7. The summed E-state index contributed by atoms with van der Waals surface area (Å²) in [5, 5.41) is 6.33. The molecule has 0 amide bonds. The van der Waals surface area contributed by atoms with E-state index in [-0.39, 0.29) is 0 Å². The lowest BCUT2D eigenvalue weighted by Crippen LogP contribution is -2.04. The second-order valence-electron chi connectivity index (χ2n) is 1.18. The van der Waals surface area contributed by atoms with Gasteiger partial charge in [0.05, 0.1) is 0 Å². The molecule has 0 aromatic carbocycles. The van der Waals surface area contributed by atoms with E-state index in [0.717, 1.165) is 6.54 Å². The number of hydrazone groups is 1. The Balaban J connectivity index is 2.94. The van der Waals surface area contributed by atoms with Crippen molar-refractivity contribution in [3.05, 3.63) is 12.4 Å². The third-order valence-corrected chi connectivity index (χ3v) is 0.571. The molecule has 0 saturated heterocycles. The van der Waals surface area contributed by atoms with Gasteiger partial charge in [-0.05, 0) is 6.92 Å². The summed E-state index contributed by atoms with van der Waals surface area (Å²) >= 11 is 0. The standard InChI is InChI=1S/C5H11N3/c1-3-7-4-5-8-6-2/h4-5,7-8H,2-3H2,1H3/b5-4-. The maximum Gasteiger partial charge on any atom is 0.0356 e. The van der Waals surface area contributed by atoms with Crippen molar-refractivity contribution < 1.29 is 0 Å². The predicted molar refractivity (Wildman–Crippen MR) is 35.5 cm³/mol. The van der Waals surface area contributed by atoms with Crippen LogP contribution < -0.4 is 10.7 Å². The first-order valence-electron chi connectivity index (χ1n) is 2.51. The fraction of sp³-hybridized carbons (Fsp3) is 0.400. The quantitative estimate of drug-likeness (QED) is 0.405. The third kappa shape index (κ3) is 5.01. The van der Waals surface area contributed by atoms with E-state index >= 15 is 0 Å². The van der Waals surface area contributed by atoms with Crippen LogP contribution in [0.3, 0.4) is 0 Å². The van der Waals surface area contributed by atoms with Gasteiger partial charge in [-0.15, -0.1) is 0 Å². The molecule has 0 rings (SSSR count). The maximum absolute atomic E-state index is 3.38. The zero-order chi connectivity index (χ0) is 6.24. The molecule has 0 bridgehead atoms. The van der Waals surface area contributed by atoms with Crippen molar-refractivity contribution in [2.75, 3.05) is 6.54 Å². The topological polar surface area (TPSA) is 36.4 Å². The van der Waals surface area contributed by atoms with Crippen LogP contribution in [-0.2, 0) is 0 Å². The monoisotopic (exact) mass is 113 g/mol. The van der Waals surface area contributed by atoms with Crippen LogP contribution in [0.25, 0.3) is 0 Å². The minimum Gasteiger partial charge on any atom is -0.390 e. The number of rotatable bonds is 4. The van der Waals surface area contributed by atoms with Gasteiger partial charge in [-0.2, -0.15) is 5.10 Å². The second kappa shape index (κ2) is 6.01. The molecule has 0 fully saturated rings. The number of nitrogens with one attached hydrogen (secondary N) is 2. The lowest BCUT2D eigenvalue weighted by Gasteiger charge is -1.89. The van der Waals surface area contributed by atoms with Gasteiger partial charge in [-0.25, -0.2) is 0 Å². The van der Waals surface area contributed by atoms with E-state index in [0.29, 0.717) is 0 Å². The highest BCUT2D eigenvalue weighted by Crippen LogP contribution is 1.59. The van der Waals surface area contributed by atoms with Crippen molar-refractivity contribution in [1.82, 2.24) is 10.7 Å². The van der Waals surface area contributed by atoms with E-state index in [1.807, 2.05) is 6.92 Å². The highest BCUT2D eigenvalue weighted by Gasteiger charge is 1.63. The van der Waals surface area contributed by atoms with E-state index < -0.39 is 0 Å². The predicted octanol–water partition coefficient (Wildman–Crippen LogP) is 0.272. The Morgan fingerprint density at radius 2 is 2.38 bits per heavy atom. The SMILES string of the molecule is C=NN/C=C\NCC. The number of hydrogen-bond acceptors (Lipinski definition) is 3. The van der Waals surface area contributed by atoms with Crippen molar-refractivity contribution >= 4 is 6.72 Å². The number of hydrogen-bond donors (Lipinski definition) is 2. The summed E-state index contributed by atoms with van der Waals surface area (Å²) in [7, 11) is 0. The average molecular weight is 113 g/mol. The summed E-state index contributed by atoms with van der Waals surface area (Å²) in [6.07, 6.45) is 3.45. The van der Waals surface area contributed by atoms with Crippen molar-refractivity contribution in [1.29, 1.82) is 0 Å². The molecular weight excluding hydrogens is 102 g/mol. The van der Waals surface area contributed by atoms with Crippen LogP contribution in [0.5, 0.6) is 0 Å². The molecule has 0 spiro atoms. The van der Waals surface area contributed by atoms with E-state index in [1.54, 1.807) is 12.4 Å². The molecule has 3 heteroatoms. The second-order valence-corrected chi connectivity index (χ2v) is 1.18. The van der Waals surface area contributed by atoms with Gasteiger partial charge >= 0.3 is 0 Å². The first-order chi connectivity index (χ1) is 3.91. The lowest BCUT2D eigenvalue weighted by molar-refractivity contribution is 0.888. The fourth-order valence-corrected chi connectivity index (χ4v) is 0.267. The fourth-order valence-electron chi connectivity index (χ4n) is 0.267. The van der Waals surface area contributed by atoms with E-state index in [9.17, 15) is 0 Å². The first kappa shape index (κ1) is 7.01. The highest BCUT2D eigenvalue weighted by atomic mass is 15.3. The highest BCUT2D eigenvalue weighted by molar-refractivity contribution is 5.22. The van der Waals surface area contributed by atoms with E-state index in [2.05, 4.69) is 22.6 Å². The molecule has 0 aliphatic heterocycles. The molecule has 0 aromatic rings. The van der Waals surface area contributed by atoms with Crippen LogP contribution in [0.1, 0.15) is 6.92 Å². The van der Waals surface area contributed by atoms with Gasteiger partial charge in [0.2, 0.25) is 0 Å². The molecule has 0 aliphatic carbocycles. The summed E-state index contributed by atoms with van der Waals surface area (Å²) in [6, 6.07) is 0. The zero-order valence-corrected chi connectivity index (χ0v) is 5.02. The minimum atomic E-state index is 0.926.